The number of hydrogen-bond acceptors (Lipinski definition) is 4. The molecule has 0 bridgehead atoms. The van der Waals surface area contributed by atoms with E-state index >= 15 is 0 Å². The summed E-state index contributed by atoms with van der Waals surface area (Å²) in [6.45, 7) is 4.28. The molecule has 0 radical (unpaired) electrons. The Labute approximate surface area is 124 Å². The van der Waals surface area contributed by atoms with Crippen molar-refractivity contribution >= 4 is 11.3 Å². The second-order valence-corrected chi connectivity index (χ2v) is 5.80. The maximum Gasteiger partial charge on any atom is 0.119 e. The van der Waals surface area contributed by atoms with Crippen molar-refractivity contribution in [2.24, 2.45) is 0 Å². The highest BCUT2D eigenvalue weighted by molar-refractivity contribution is 7.08. The lowest BCUT2D eigenvalue weighted by Gasteiger charge is -2.35. The molecule has 4 heteroatoms. The number of rotatable bonds is 4. The Balaban J connectivity index is 1.95. The van der Waals surface area contributed by atoms with Crippen molar-refractivity contribution < 1.29 is 4.74 Å². The number of piperazine rings is 1. The molecule has 0 saturated carbocycles. The molecule has 0 aliphatic carbocycles. The molecule has 1 aromatic heterocycles. The molecule has 3 nitrogen and oxygen atoms in total. The third-order valence-electron chi connectivity index (χ3n) is 3.79. The van der Waals surface area contributed by atoms with Gasteiger partial charge in [0, 0.05) is 26.2 Å². The van der Waals surface area contributed by atoms with E-state index in [0.717, 1.165) is 31.9 Å². The van der Waals surface area contributed by atoms with E-state index in [1.807, 2.05) is 6.07 Å². The fourth-order valence-electron chi connectivity index (χ4n) is 2.80. The van der Waals surface area contributed by atoms with Gasteiger partial charge in [-0.25, -0.2) is 0 Å². The Bertz CT molecular complexity index is 535. The van der Waals surface area contributed by atoms with Gasteiger partial charge in [-0.2, -0.15) is 11.3 Å². The maximum atomic E-state index is 5.38. The Morgan fingerprint density at radius 2 is 2.05 bits per heavy atom. The van der Waals surface area contributed by atoms with E-state index < -0.39 is 0 Å². The summed E-state index contributed by atoms with van der Waals surface area (Å²) in [6, 6.07) is 11.0. The number of hydrogen-bond donors (Lipinski definition) is 1. The third-order valence-corrected chi connectivity index (χ3v) is 4.49. The van der Waals surface area contributed by atoms with Crippen LogP contribution >= 0.6 is 11.3 Å². The highest BCUT2D eigenvalue weighted by Crippen LogP contribution is 2.32. The fourth-order valence-corrected chi connectivity index (χ4v) is 3.48. The van der Waals surface area contributed by atoms with E-state index in [2.05, 4.69) is 45.2 Å². The Kier molecular flexibility index (Phi) is 4.35. The number of nitrogens with zero attached hydrogens (tertiary/aromatic N) is 1. The van der Waals surface area contributed by atoms with Crippen molar-refractivity contribution in [2.45, 2.75) is 6.04 Å². The maximum absolute atomic E-state index is 5.38. The summed E-state index contributed by atoms with van der Waals surface area (Å²) in [5.74, 6) is 0.929. The van der Waals surface area contributed by atoms with Gasteiger partial charge in [0.05, 0.1) is 13.2 Å². The standard InChI is InChI=1S/C16H20N2OS/c1-19-15-4-2-3-13(11-15)16(14-5-10-20-12-14)18-8-6-17-7-9-18/h2-5,10-12,16-17H,6-9H2,1H3. The highest BCUT2D eigenvalue weighted by atomic mass is 32.1. The molecule has 2 heterocycles. The largest absolute Gasteiger partial charge is 0.497 e. The SMILES string of the molecule is COc1cccc(C(c2ccsc2)N2CCNCC2)c1. The van der Waals surface area contributed by atoms with Crippen LogP contribution in [0.2, 0.25) is 0 Å². The van der Waals surface area contributed by atoms with Crippen molar-refractivity contribution in [2.75, 3.05) is 33.3 Å². The van der Waals surface area contributed by atoms with Crippen LogP contribution in [0.4, 0.5) is 0 Å². The molecule has 1 saturated heterocycles. The number of methoxy groups -OCH3 is 1. The smallest absolute Gasteiger partial charge is 0.119 e. The van der Waals surface area contributed by atoms with Gasteiger partial charge < -0.3 is 10.1 Å². The van der Waals surface area contributed by atoms with Crippen LogP contribution < -0.4 is 10.1 Å². The van der Waals surface area contributed by atoms with Gasteiger partial charge in [-0.05, 0) is 40.1 Å². The van der Waals surface area contributed by atoms with Crippen LogP contribution in [0.25, 0.3) is 0 Å². The van der Waals surface area contributed by atoms with E-state index in [-0.39, 0.29) is 0 Å². The number of thiophene rings is 1. The summed E-state index contributed by atoms with van der Waals surface area (Å²) >= 11 is 1.76. The molecule has 1 aliphatic rings. The normalized spacial score (nSPS) is 17.9. The number of ether oxygens (including phenoxy) is 1. The van der Waals surface area contributed by atoms with Crippen molar-refractivity contribution in [1.29, 1.82) is 0 Å². The van der Waals surface area contributed by atoms with Crippen LogP contribution in [0.1, 0.15) is 17.2 Å². The van der Waals surface area contributed by atoms with Crippen LogP contribution in [0, 0.1) is 0 Å². The lowest BCUT2D eigenvalue weighted by Crippen LogP contribution is -2.45. The van der Waals surface area contributed by atoms with Crippen LogP contribution in [0.3, 0.4) is 0 Å². The van der Waals surface area contributed by atoms with E-state index in [1.165, 1.54) is 11.1 Å². The summed E-state index contributed by atoms with van der Waals surface area (Å²) < 4.78 is 5.38. The third kappa shape index (κ3) is 2.87. The summed E-state index contributed by atoms with van der Waals surface area (Å²) in [6.07, 6.45) is 0. The first-order valence-corrected chi connectivity index (χ1v) is 7.93. The van der Waals surface area contributed by atoms with E-state index in [4.69, 9.17) is 4.74 Å². The molecule has 1 aromatic carbocycles. The molecule has 3 rings (SSSR count). The second kappa shape index (κ2) is 6.39. The van der Waals surface area contributed by atoms with Crippen molar-refractivity contribution in [3.05, 3.63) is 52.2 Å². The first kappa shape index (κ1) is 13.6. The molecular weight excluding hydrogens is 268 g/mol. The van der Waals surface area contributed by atoms with Gasteiger partial charge in [0.25, 0.3) is 0 Å². The quantitative estimate of drug-likeness (QED) is 0.936. The van der Waals surface area contributed by atoms with Gasteiger partial charge in [-0.3, -0.25) is 4.90 Å². The predicted octanol–water partition coefficient (Wildman–Crippen LogP) is 2.75. The average Bonchev–Trinajstić information content (AvgIpc) is 3.03. The van der Waals surface area contributed by atoms with E-state index in [9.17, 15) is 0 Å². The highest BCUT2D eigenvalue weighted by Gasteiger charge is 2.24. The Hall–Kier alpha value is -1.36. The van der Waals surface area contributed by atoms with Crippen molar-refractivity contribution in [1.82, 2.24) is 10.2 Å². The molecule has 1 aliphatic heterocycles. The first-order chi connectivity index (χ1) is 9.88. The molecule has 1 fully saturated rings. The fraction of sp³-hybridized carbons (Fsp3) is 0.375. The molecule has 1 unspecified atom stereocenters. The minimum Gasteiger partial charge on any atom is -0.497 e. The minimum absolute atomic E-state index is 0.332. The number of benzene rings is 1. The summed E-state index contributed by atoms with van der Waals surface area (Å²) in [4.78, 5) is 2.55. The first-order valence-electron chi connectivity index (χ1n) is 6.99. The second-order valence-electron chi connectivity index (χ2n) is 5.02. The topological polar surface area (TPSA) is 24.5 Å². The van der Waals surface area contributed by atoms with Gasteiger partial charge in [-0.1, -0.05) is 12.1 Å². The monoisotopic (exact) mass is 288 g/mol. The van der Waals surface area contributed by atoms with Crippen molar-refractivity contribution in [3.63, 3.8) is 0 Å². The lowest BCUT2D eigenvalue weighted by atomic mass is 9.98. The molecule has 0 amide bonds. The lowest BCUT2D eigenvalue weighted by molar-refractivity contribution is 0.198. The zero-order valence-corrected chi connectivity index (χ0v) is 12.5. The Morgan fingerprint density at radius 3 is 2.75 bits per heavy atom. The minimum atomic E-state index is 0.332. The van der Waals surface area contributed by atoms with Gasteiger partial charge >= 0.3 is 0 Å². The average molecular weight is 288 g/mol. The zero-order valence-electron chi connectivity index (χ0n) is 11.7. The molecule has 1 N–H and O–H groups in total. The van der Waals surface area contributed by atoms with Crippen LogP contribution in [0.15, 0.2) is 41.1 Å². The molecular formula is C16H20N2OS. The van der Waals surface area contributed by atoms with Crippen molar-refractivity contribution in [3.8, 4) is 5.75 Å². The van der Waals surface area contributed by atoms with Gasteiger partial charge in [0.15, 0.2) is 0 Å². The van der Waals surface area contributed by atoms with Gasteiger partial charge in [0.1, 0.15) is 5.75 Å². The molecule has 106 valence electrons. The zero-order chi connectivity index (χ0) is 13.8. The Morgan fingerprint density at radius 1 is 1.20 bits per heavy atom. The predicted molar refractivity (Wildman–Crippen MR) is 83.6 cm³/mol. The van der Waals surface area contributed by atoms with Crippen LogP contribution in [-0.2, 0) is 0 Å². The summed E-state index contributed by atoms with van der Waals surface area (Å²) in [5.41, 5.74) is 2.69. The van der Waals surface area contributed by atoms with Crippen LogP contribution in [0.5, 0.6) is 5.75 Å². The van der Waals surface area contributed by atoms with Gasteiger partial charge in [-0.15, -0.1) is 0 Å². The number of nitrogens with one attached hydrogen (secondary N) is 1. The molecule has 20 heavy (non-hydrogen) atoms. The molecule has 2 aromatic rings. The van der Waals surface area contributed by atoms with E-state index in [0.29, 0.717) is 6.04 Å². The van der Waals surface area contributed by atoms with Crippen LogP contribution in [-0.4, -0.2) is 38.2 Å². The molecule has 1 atom stereocenters. The van der Waals surface area contributed by atoms with Gasteiger partial charge in [0.2, 0.25) is 0 Å². The van der Waals surface area contributed by atoms with E-state index in [1.54, 1.807) is 18.4 Å². The summed E-state index contributed by atoms with van der Waals surface area (Å²) in [7, 11) is 1.73. The molecule has 0 spiro atoms. The summed E-state index contributed by atoms with van der Waals surface area (Å²) in [5, 5.41) is 7.84.